The monoisotopic (exact) mass is 221 g/mol. The summed E-state index contributed by atoms with van der Waals surface area (Å²) in [6, 6.07) is 8.14. The normalized spacial score (nSPS) is 10.3. The molecule has 0 aliphatic rings. The highest BCUT2D eigenvalue weighted by Crippen LogP contribution is 2.08. The van der Waals surface area contributed by atoms with Gasteiger partial charge in [-0.05, 0) is 38.2 Å². The second-order valence-electron chi connectivity index (χ2n) is 3.10. The van der Waals surface area contributed by atoms with Crippen LogP contribution in [0.5, 0.6) is 0 Å². The molecule has 0 amide bonds. The largest absolute Gasteiger partial charge is 0.484 e. The number of ether oxygens (including phenoxy) is 1. The van der Waals surface area contributed by atoms with Crippen molar-refractivity contribution >= 4 is 23.0 Å². The Hall–Kier alpha value is -1.35. The van der Waals surface area contributed by atoms with Crippen molar-refractivity contribution in [3.63, 3.8) is 0 Å². The molecule has 0 unspecified atom stereocenters. The molecule has 0 atom stereocenters. The Morgan fingerprint density at radius 2 is 2.07 bits per heavy atom. The Kier molecular flexibility index (Phi) is 4.84. The molecule has 1 aromatic carbocycles. The van der Waals surface area contributed by atoms with E-state index in [-0.39, 0.29) is 0 Å². The Labute approximate surface area is 96.0 Å². The van der Waals surface area contributed by atoms with E-state index in [9.17, 15) is 0 Å². The van der Waals surface area contributed by atoms with Gasteiger partial charge in [-0.25, -0.2) is 0 Å². The van der Waals surface area contributed by atoms with Crippen molar-refractivity contribution in [3.8, 4) is 0 Å². The van der Waals surface area contributed by atoms with Crippen LogP contribution in [-0.4, -0.2) is 11.7 Å². The second-order valence-corrected chi connectivity index (χ2v) is 3.50. The quantitative estimate of drug-likeness (QED) is 0.622. The Morgan fingerprint density at radius 3 is 2.67 bits per heavy atom. The average molecular weight is 221 g/mol. The van der Waals surface area contributed by atoms with Gasteiger partial charge in [0, 0.05) is 18.0 Å². The minimum atomic E-state index is 0.497. The zero-order valence-corrected chi connectivity index (χ0v) is 9.80. The van der Waals surface area contributed by atoms with Crippen LogP contribution in [0.1, 0.15) is 12.5 Å². The van der Waals surface area contributed by atoms with Gasteiger partial charge >= 0.3 is 0 Å². The lowest BCUT2D eigenvalue weighted by Crippen LogP contribution is -1.97. The molecule has 1 rings (SSSR count). The summed E-state index contributed by atoms with van der Waals surface area (Å²) in [5.74, 6) is 0. The van der Waals surface area contributed by atoms with E-state index in [2.05, 4.69) is 24.4 Å². The van der Waals surface area contributed by atoms with Crippen LogP contribution >= 0.6 is 12.2 Å². The fourth-order valence-corrected chi connectivity index (χ4v) is 1.23. The first-order valence-electron chi connectivity index (χ1n) is 4.89. The van der Waals surface area contributed by atoms with Crippen molar-refractivity contribution in [2.75, 3.05) is 11.9 Å². The molecule has 0 saturated carbocycles. The van der Waals surface area contributed by atoms with Gasteiger partial charge in [0.15, 0.2) is 5.05 Å². The molecular weight excluding hydrogens is 206 g/mol. The van der Waals surface area contributed by atoms with Crippen molar-refractivity contribution in [1.29, 1.82) is 0 Å². The van der Waals surface area contributed by atoms with E-state index in [0.29, 0.717) is 11.7 Å². The van der Waals surface area contributed by atoms with Gasteiger partial charge in [-0.3, -0.25) is 0 Å². The van der Waals surface area contributed by atoms with Crippen LogP contribution in [0, 0.1) is 6.92 Å². The molecule has 0 aliphatic heterocycles. The summed E-state index contributed by atoms with van der Waals surface area (Å²) in [4.78, 5) is 0. The SMILES string of the molecule is CCOC(=S)/C=C\Nc1ccc(C)cc1. The van der Waals surface area contributed by atoms with Crippen LogP contribution in [0.2, 0.25) is 0 Å². The first-order chi connectivity index (χ1) is 7.22. The van der Waals surface area contributed by atoms with Gasteiger partial charge in [0.2, 0.25) is 0 Å². The minimum Gasteiger partial charge on any atom is -0.484 e. The van der Waals surface area contributed by atoms with Gasteiger partial charge in [0.05, 0.1) is 6.61 Å². The van der Waals surface area contributed by atoms with E-state index in [1.807, 2.05) is 19.1 Å². The predicted molar refractivity (Wildman–Crippen MR) is 68.2 cm³/mol. The van der Waals surface area contributed by atoms with Crippen LogP contribution in [0.3, 0.4) is 0 Å². The van der Waals surface area contributed by atoms with Crippen LogP contribution in [0.15, 0.2) is 36.5 Å². The maximum absolute atomic E-state index is 5.10. The molecular formula is C12H15NOS. The lowest BCUT2D eigenvalue weighted by molar-refractivity contribution is 0.339. The molecule has 0 bridgehead atoms. The zero-order valence-electron chi connectivity index (χ0n) is 8.99. The Bertz CT molecular complexity index is 343. The highest BCUT2D eigenvalue weighted by atomic mass is 32.1. The highest BCUT2D eigenvalue weighted by Gasteiger charge is 1.89. The van der Waals surface area contributed by atoms with Gasteiger partial charge in [-0.1, -0.05) is 17.7 Å². The first kappa shape index (κ1) is 11.7. The standard InChI is InChI=1S/C12H15NOS/c1-3-14-12(15)8-9-13-11-6-4-10(2)5-7-11/h4-9,13H,3H2,1-2H3/b9-8-. The molecule has 2 nitrogen and oxygen atoms in total. The van der Waals surface area contributed by atoms with E-state index in [1.54, 1.807) is 12.3 Å². The number of anilines is 1. The summed E-state index contributed by atoms with van der Waals surface area (Å²) >= 11 is 4.94. The van der Waals surface area contributed by atoms with E-state index >= 15 is 0 Å². The summed E-state index contributed by atoms with van der Waals surface area (Å²) in [7, 11) is 0. The van der Waals surface area contributed by atoms with Gasteiger partial charge in [-0.15, -0.1) is 0 Å². The summed E-state index contributed by atoms with van der Waals surface area (Å²) in [6.45, 7) is 4.57. The molecule has 0 spiro atoms. The molecule has 0 aliphatic carbocycles. The highest BCUT2D eigenvalue weighted by molar-refractivity contribution is 7.80. The maximum atomic E-state index is 5.10. The molecule has 0 radical (unpaired) electrons. The van der Waals surface area contributed by atoms with E-state index in [0.717, 1.165) is 5.69 Å². The third kappa shape index (κ3) is 4.61. The van der Waals surface area contributed by atoms with Gasteiger partial charge in [0.1, 0.15) is 0 Å². The van der Waals surface area contributed by atoms with Crippen LogP contribution in [0.25, 0.3) is 0 Å². The number of benzene rings is 1. The summed E-state index contributed by atoms with van der Waals surface area (Å²) in [6.07, 6.45) is 3.52. The fourth-order valence-electron chi connectivity index (χ4n) is 1.05. The van der Waals surface area contributed by atoms with Crippen molar-refractivity contribution in [3.05, 3.63) is 42.1 Å². The summed E-state index contributed by atoms with van der Waals surface area (Å²) in [5, 5.41) is 3.61. The molecule has 80 valence electrons. The van der Waals surface area contributed by atoms with Gasteiger partial charge in [-0.2, -0.15) is 0 Å². The lowest BCUT2D eigenvalue weighted by Gasteiger charge is -2.01. The van der Waals surface area contributed by atoms with E-state index < -0.39 is 0 Å². The summed E-state index contributed by atoms with van der Waals surface area (Å²) in [5.41, 5.74) is 2.28. The lowest BCUT2D eigenvalue weighted by atomic mass is 10.2. The third-order valence-electron chi connectivity index (χ3n) is 1.81. The third-order valence-corrected chi connectivity index (χ3v) is 2.06. The van der Waals surface area contributed by atoms with Crippen LogP contribution in [-0.2, 0) is 4.74 Å². The van der Waals surface area contributed by atoms with Crippen molar-refractivity contribution in [2.45, 2.75) is 13.8 Å². The minimum absolute atomic E-state index is 0.497. The first-order valence-corrected chi connectivity index (χ1v) is 5.29. The molecule has 15 heavy (non-hydrogen) atoms. The van der Waals surface area contributed by atoms with Gasteiger partial charge < -0.3 is 10.1 Å². The number of rotatable bonds is 4. The average Bonchev–Trinajstić information content (AvgIpc) is 2.21. The van der Waals surface area contributed by atoms with Crippen LogP contribution < -0.4 is 5.32 Å². The maximum Gasteiger partial charge on any atom is 0.185 e. The second kappa shape index (κ2) is 6.19. The van der Waals surface area contributed by atoms with Gasteiger partial charge in [0.25, 0.3) is 0 Å². The number of hydrogen-bond donors (Lipinski definition) is 1. The Morgan fingerprint density at radius 1 is 1.40 bits per heavy atom. The smallest absolute Gasteiger partial charge is 0.185 e. The fraction of sp³-hybridized carbons (Fsp3) is 0.250. The zero-order chi connectivity index (χ0) is 11.1. The van der Waals surface area contributed by atoms with E-state index in [4.69, 9.17) is 17.0 Å². The van der Waals surface area contributed by atoms with Crippen molar-refractivity contribution in [1.82, 2.24) is 0 Å². The molecule has 0 heterocycles. The molecule has 0 saturated heterocycles. The van der Waals surface area contributed by atoms with E-state index in [1.165, 1.54) is 5.56 Å². The van der Waals surface area contributed by atoms with Crippen LogP contribution in [0.4, 0.5) is 5.69 Å². The summed E-state index contributed by atoms with van der Waals surface area (Å²) < 4.78 is 5.10. The Balaban J connectivity index is 2.43. The predicted octanol–water partition coefficient (Wildman–Crippen LogP) is 3.28. The van der Waals surface area contributed by atoms with Crippen molar-refractivity contribution in [2.24, 2.45) is 0 Å². The molecule has 1 N–H and O–H groups in total. The number of thiocarbonyl (C=S) groups is 1. The van der Waals surface area contributed by atoms with Crippen molar-refractivity contribution < 1.29 is 4.74 Å². The molecule has 0 fully saturated rings. The molecule has 1 aromatic rings. The number of aryl methyl sites for hydroxylation is 1. The number of hydrogen-bond acceptors (Lipinski definition) is 3. The molecule has 3 heteroatoms. The number of nitrogens with one attached hydrogen (secondary N) is 1. The topological polar surface area (TPSA) is 21.3 Å². The molecule has 0 aromatic heterocycles.